The van der Waals surface area contributed by atoms with E-state index < -0.39 is 0 Å². The summed E-state index contributed by atoms with van der Waals surface area (Å²) in [5.41, 5.74) is 0. The van der Waals surface area contributed by atoms with Crippen molar-refractivity contribution in [2.24, 2.45) is 0 Å². The number of hydrogen-bond donors (Lipinski definition) is 1. The number of carbonyl (C=O) groups is 1. The van der Waals surface area contributed by atoms with Gasteiger partial charge in [-0.3, -0.25) is 4.79 Å². The molecule has 0 unspecified atom stereocenters. The lowest BCUT2D eigenvalue weighted by Crippen LogP contribution is -2.26. The predicted molar refractivity (Wildman–Crippen MR) is 103 cm³/mol. The number of aromatic nitrogens is 2. The van der Waals surface area contributed by atoms with Gasteiger partial charge < -0.3 is 9.73 Å². The highest BCUT2D eigenvalue weighted by atomic mass is 32.2. The molecule has 0 fully saturated rings. The zero-order valence-electron chi connectivity index (χ0n) is 13.4. The quantitative estimate of drug-likeness (QED) is 0.436. The van der Waals surface area contributed by atoms with E-state index in [1.807, 2.05) is 35.7 Å². The summed E-state index contributed by atoms with van der Waals surface area (Å²) >= 11 is 4.59. The van der Waals surface area contributed by atoms with E-state index in [1.165, 1.54) is 16.7 Å². The normalized spacial score (nSPS) is 10.7. The Morgan fingerprint density at radius 1 is 1.12 bits per heavy atom. The van der Waals surface area contributed by atoms with Crippen LogP contribution in [-0.2, 0) is 4.79 Å². The first kappa shape index (κ1) is 18.0. The summed E-state index contributed by atoms with van der Waals surface area (Å²) in [6.07, 6.45) is 0.930. The van der Waals surface area contributed by atoms with Crippen LogP contribution in [0.1, 0.15) is 6.42 Å². The maximum atomic E-state index is 11.9. The third-order valence-electron chi connectivity index (χ3n) is 3.12. The molecule has 3 aromatic rings. The Kier molecular flexibility index (Phi) is 6.96. The highest BCUT2D eigenvalue weighted by Gasteiger charge is 2.11. The van der Waals surface area contributed by atoms with Crippen LogP contribution in [-0.4, -0.2) is 34.2 Å². The summed E-state index contributed by atoms with van der Waals surface area (Å²) in [5.74, 6) is 1.73. The van der Waals surface area contributed by atoms with Gasteiger partial charge in [0.15, 0.2) is 0 Å². The van der Waals surface area contributed by atoms with Crippen LogP contribution in [0.15, 0.2) is 62.4 Å². The number of benzene rings is 1. The second-order valence-electron chi connectivity index (χ2n) is 5.00. The Balaban J connectivity index is 1.30. The molecule has 0 bridgehead atoms. The van der Waals surface area contributed by atoms with Gasteiger partial charge in [0, 0.05) is 11.4 Å². The highest BCUT2D eigenvalue weighted by molar-refractivity contribution is 7.99. The van der Waals surface area contributed by atoms with Gasteiger partial charge in [0.25, 0.3) is 11.1 Å². The van der Waals surface area contributed by atoms with Crippen LogP contribution in [0.4, 0.5) is 0 Å². The van der Waals surface area contributed by atoms with Crippen LogP contribution in [0, 0.1) is 0 Å². The molecule has 2 aromatic heterocycles. The van der Waals surface area contributed by atoms with E-state index in [1.54, 1.807) is 23.1 Å². The van der Waals surface area contributed by atoms with Crippen molar-refractivity contribution in [1.82, 2.24) is 15.5 Å². The summed E-state index contributed by atoms with van der Waals surface area (Å²) in [6.45, 7) is 0.670. The molecular weight excluding hydrogens is 374 g/mol. The van der Waals surface area contributed by atoms with E-state index in [9.17, 15) is 4.79 Å². The molecule has 8 heteroatoms. The van der Waals surface area contributed by atoms with Crippen LogP contribution < -0.4 is 5.32 Å². The molecular formula is C17H17N3O2S3. The van der Waals surface area contributed by atoms with E-state index >= 15 is 0 Å². The fourth-order valence-electron chi connectivity index (χ4n) is 1.95. The number of carbonyl (C=O) groups excluding carboxylic acids is 1. The number of nitrogens with one attached hydrogen (secondary N) is 1. The van der Waals surface area contributed by atoms with Gasteiger partial charge in [-0.2, -0.15) is 0 Å². The van der Waals surface area contributed by atoms with Crippen molar-refractivity contribution in [3.63, 3.8) is 0 Å². The van der Waals surface area contributed by atoms with Crippen LogP contribution in [0.25, 0.3) is 10.8 Å². The van der Waals surface area contributed by atoms with E-state index in [-0.39, 0.29) is 11.7 Å². The van der Waals surface area contributed by atoms with Crippen LogP contribution >= 0.6 is 34.9 Å². The molecule has 0 radical (unpaired) electrons. The topological polar surface area (TPSA) is 68.0 Å². The number of thiophene rings is 1. The molecule has 1 N–H and O–H groups in total. The van der Waals surface area contributed by atoms with Crippen LogP contribution in [0.5, 0.6) is 0 Å². The van der Waals surface area contributed by atoms with Gasteiger partial charge in [-0.15, -0.1) is 33.3 Å². The van der Waals surface area contributed by atoms with Crippen molar-refractivity contribution in [2.45, 2.75) is 16.5 Å². The monoisotopic (exact) mass is 391 g/mol. The van der Waals surface area contributed by atoms with Crippen LogP contribution in [0.2, 0.25) is 0 Å². The maximum Gasteiger partial charge on any atom is 0.277 e. The van der Waals surface area contributed by atoms with Gasteiger partial charge in [-0.05, 0) is 35.8 Å². The van der Waals surface area contributed by atoms with Gasteiger partial charge in [-0.1, -0.05) is 36.0 Å². The number of rotatable bonds is 9. The van der Waals surface area contributed by atoms with Crippen molar-refractivity contribution in [3.8, 4) is 10.8 Å². The van der Waals surface area contributed by atoms with Gasteiger partial charge in [0.2, 0.25) is 5.91 Å². The van der Waals surface area contributed by atoms with Crippen molar-refractivity contribution in [3.05, 3.63) is 47.8 Å². The maximum absolute atomic E-state index is 11.9. The smallest absolute Gasteiger partial charge is 0.277 e. The minimum atomic E-state index is -0.0226. The Hall–Kier alpha value is -1.77. The first-order valence-electron chi connectivity index (χ1n) is 7.76. The Morgan fingerprint density at radius 3 is 2.80 bits per heavy atom. The van der Waals surface area contributed by atoms with Gasteiger partial charge in [0.1, 0.15) is 0 Å². The molecule has 0 saturated heterocycles. The average molecular weight is 392 g/mol. The molecule has 2 heterocycles. The number of nitrogens with zero attached hydrogens (tertiary/aromatic N) is 2. The lowest BCUT2D eigenvalue weighted by Gasteiger charge is -2.04. The third kappa shape index (κ3) is 5.91. The molecule has 0 spiro atoms. The Labute approximate surface area is 158 Å². The van der Waals surface area contributed by atoms with Crippen molar-refractivity contribution in [1.29, 1.82) is 0 Å². The molecule has 1 aromatic carbocycles. The number of thioether (sulfide) groups is 2. The molecule has 0 aliphatic rings. The number of amides is 1. The lowest BCUT2D eigenvalue weighted by molar-refractivity contribution is -0.118. The second kappa shape index (κ2) is 9.65. The number of hydrogen-bond acceptors (Lipinski definition) is 7. The van der Waals surface area contributed by atoms with Gasteiger partial charge >= 0.3 is 0 Å². The molecule has 0 saturated carbocycles. The Morgan fingerprint density at radius 2 is 2.00 bits per heavy atom. The van der Waals surface area contributed by atoms with Crippen molar-refractivity contribution < 1.29 is 9.21 Å². The second-order valence-corrected chi connectivity index (χ2v) is 8.05. The fourth-order valence-corrected chi connectivity index (χ4v) is 4.06. The first-order valence-corrected chi connectivity index (χ1v) is 10.6. The molecule has 3 rings (SSSR count). The zero-order valence-corrected chi connectivity index (χ0v) is 15.8. The molecule has 5 nitrogen and oxygen atoms in total. The van der Waals surface area contributed by atoms with E-state index in [0.29, 0.717) is 17.7 Å². The standard InChI is InChI=1S/C17H17N3O2S3/c21-15(18-9-5-11-23-13-6-2-1-3-7-13)12-25-17-20-19-16(22-17)14-8-4-10-24-14/h1-4,6-8,10H,5,9,11-12H2,(H,18,21). The largest absolute Gasteiger partial charge is 0.410 e. The third-order valence-corrected chi connectivity index (χ3v) is 5.89. The molecule has 130 valence electrons. The minimum Gasteiger partial charge on any atom is -0.410 e. The van der Waals surface area contributed by atoms with Crippen molar-refractivity contribution >= 4 is 40.8 Å². The van der Waals surface area contributed by atoms with Crippen LogP contribution in [0.3, 0.4) is 0 Å². The molecule has 0 aliphatic carbocycles. The lowest BCUT2D eigenvalue weighted by atomic mass is 10.4. The summed E-state index contributed by atoms with van der Waals surface area (Å²) in [4.78, 5) is 14.0. The molecule has 1 amide bonds. The zero-order chi connectivity index (χ0) is 17.3. The summed E-state index contributed by atoms with van der Waals surface area (Å²) in [5, 5.41) is 13.2. The predicted octanol–water partition coefficient (Wildman–Crippen LogP) is 4.19. The van der Waals surface area contributed by atoms with Gasteiger partial charge in [0.05, 0.1) is 10.6 Å². The SMILES string of the molecule is O=C(CSc1nnc(-c2cccs2)o1)NCCCSc1ccccc1. The summed E-state index contributed by atoms with van der Waals surface area (Å²) < 4.78 is 5.54. The molecule has 25 heavy (non-hydrogen) atoms. The summed E-state index contributed by atoms with van der Waals surface area (Å²) in [7, 11) is 0. The molecule has 0 aliphatic heterocycles. The average Bonchev–Trinajstić information content (AvgIpc) is 3.32. The highest BCUT2D eigenvalue weighted by Crippen LogP contribution is 2.26. The fraction of sp³-hybridized carbons (Fsp3) is 0.235. The first-order chi connectivity index (χ1) is 12.3. The van der Waals surface area contributed by atoms with E-state index in [0.717, 1.165) is 17.1 Å². The molecule has 0 atom stereocenters. The van der Waals surface area contributed by atoms with Gasteiger partial charge in [-0.25, -0.2) is 0 Å². The minimum absolute atomic E-state index is 0.0226. The van der Waals surface area contributed by atoms with E-state index in [4.69, 9.17) is 4.42 Å². The Bertz CT molecular complexity index is 776. The summed E-state index contributed by atoms with van der Waals surface area (Å²) in [6, 6.07) is 14.1. The van der Waals surface area contributed by atoms with Crippen molar-refractivity contribution in [2.75, 3.05) is 18.1 Å². The van der Waals surface area contributed by atoms with E-state index in [2.05, 4.69) is 27.6 Å².